The number of thioether (sulfide) groups is 1. The summed E-state index contributed by atoms with van der Waals surface area (Å²) in [6, 6.07) is 13.8. The van der Waals surface area contributed by atoms with Crippen molar-refractivity contribution in [2.45, 2.75) is 11.9 Å². The Bertz CT molecular complexity index is 725. The third-order valence-electron chi connectivity index (χ3n) is 4.14. The van der Waals surface area contributed by atoms with Crippen molar-refractivity contribution in [3.8, 4) is 17.2 Å². The molecule has 1 aliphatic rings. The average Bonchev–Trinajstić information content (AvgIpc) is 3.01. The molecule has 0 spiro atoms. The van der Waals surface area contributed by atoms with E-state index in [1.807, 2.05) is 47.4 Å². The van der Waals surface area contributed by atoms with Gasteiger partial charge in [-0.15, -0.1) is 11.8 Å². The molecule has 0 aliphatic carbocycles. The molecule has 2 aromatic rings. The van der Waals surface area contributed by atoms with Crippen molar-refractivity contribution >= 4 is 17.7 Å². The number of ether oxygens (including phenoxy) is 3. The highest BCUT2D eigenvalue weighted by atomic mass is 32.2. The molecule has 1 heterocycles. The van der Waals surface area contributed by atoms with E-state index in [1.54, 1.807) is 33.1 Å². The number of carbonyl (C=O) groups is 1. The van der Waals surface area contributed by atoms with Crippen LogP contribution in [-0.4, -0.2) is 37.9 Å². The highest BCUT2D eigenvalue weighted by molar-refractivity contribution is 8.00. The van der Waals surface area contributed by atoms with Gasteiger partial charge in [-0.2, -0.15) is 0 Å². The van der Waals surface area contributed by atoms with Gasteiger partial charge in [0.15, 0.2) is 11.5 Å². The summed E-state index contributed by atoms with van der Waals surface area (Å²) in [4.78, 5) is 14.3. The molecule has 2 aromatic carbocycles. The Balaban J connectivity index is 1.95. The molecule has 1 fully saturated rings. The Labute approximate surface area is 151 Å². The molecule has 25 heavy (non-hydrogen) atoms. The Morgan fingerprint density at radius 2 is 1.68 bits per heavy atom. The number of carbonyl (C=O) groups excluding carboxylic acids is 1. The lowest BCUT2D eigenvalue weighted by Gasteiger charge is -2.25. The summed E-state index contributed by atoms with van der Waals surface area (Å²) >= 11 is 1.61. The van der Waals surface area contributed by atoms with Crippen molar-refractivity contribution in [2.24, 2.45) is 0 Å². The Morgan fingerprint density at radius 3 is 2.24 bits per heavy atom. The van der Waals surface area contributed by atoms with Crippen molar-refractivity contribution in [2.75, 3.05) is 27.1 Å². The first-order valence-corrected chi connectivity index (χ1v) is 8.97. The maximum absolute atomic E-state index is 12.4. The van der Waals surface area contributed by atoms with Crippen molar-refractivity contribution in [3.05, 3.63) is 53.6 Å². The molecule has 132 valence electrons. The molecule has 5 nitrogen and oxygen atoms in total. The summed E-state index contributed by atoms with van der Waals surface area (Å²) in [6.45, 7) is 0.577. The fraction of sp³-hybridized carbons (Fsp3) is 0.316. The zero-order valence-electron chi connectivity index (χ0n) is 14.5. The third kappa shape index (κ3) is 3.54. The summed E-state index contributed by atoms with van der Waals surface area (Å²) in [5, 5.41) is -0.0820. The summed E-state index contributed by atoms with van der Waals surface area (Å²) in [5.41, 5.74) is 2.07. The van der Waals surface area contributed by atoms with E-state index in [-0.39, 0.29) is 11.3 Å². The predicted molar refractivity (Wildman–Crippen MR) is 98.3 cm³/mol. The van der Waals surface area contributed by atoms with Crippen LogP contribution in [0.3, 0.4) is 0 Å². The Morgan fingerprint density at radius 1 is 1.04 bits per heavy atom. The molecular weight excluding hydrogens is 338 g/mol. The standard InChI is InChI=1S/C19H21NO4S/c1-22-15-9-14(10-16(23-2)18(15)24-3)19-20(17(21)12-25-19)11-13-7-5-4-6-8-13/h4-10,19H,11-12H2,1-3H3/t19-/m1/s1. The summed E-state index contributed by atoms with van der Waals surface area (Å²) in [7, 11) is 4.76. The summed E-state index contributed by atoms with van der Waals surface area (Å²) in [5.74, 6) is 2.34. The molecule has 0 bridgehead atoms. The van der Waals surface area contributed by atoms with Gasteiger partial charge in [0.2, 0.25) is 11.7 Å². The van der Waals surface area contributed by atoms with Crippen molar-refractivity contribution < 1.29 is 19.0 Å². The second kappa shape index (κ2) is 7.70. The van der Waals surface area contributed by atoms with Crippen LogP contribution in [0.25, 0.3) is 0 Å². The number of amides is 1. The molecule has 0 radical (unpaired) electrons. The van der Waals surface area contributed by atoms with Crippen molar-refractivity contribution in [1.82, 2.24) is 4.90 Å². The number of rotatable bonds is 6. The highest BCUT2D eigenvalue weighted by Crippen LogP contribution is 2.46. The van der Waals surface area contributed by atoms with E-state index in [2.05, 4.69) is 0 Å². The first kappa shape index (κ1) is 17.5. The maximum Gasteiger partial charge on any atom is 0.234 e. The fourth-order valence-electron chi connectivity index (χ4n) is 2.93. The van der Waals surface area contributed by atoms with E-state index in [0.29, 0.717) is 29.5 Å². The van der Waals surface area contributed by atoms with E-state index in [4.69, 9.17) is 14.2 Å². The van der Waals surface area contributed by atoms with Gasteiger partial charge >= 0.3 is 0 Å². The first-order valence-electron chi connectivity index (χ1n) is 7.92. The number of hydrogen-bond acceptors (Lipinski definition) is 5. The van der Waals surface area contributed by atoms with Crippen LogP contribution in [0, 0.1) is 0 Å². The zero-order valence-corrected chi connectivity index (χ0v) is 15.3. The normalized spacial score (nSPS) is 16.8. The van der Waals surface area contributed by atoms with Crippen LogP contribution in [0.5, 0.6) is 17.2 Å². The molecule has 1 amide bonds. The highest BCUT2D eigenvalue weighted by Gasteiger charge is 2.34. The van der Waals surface area contributed by atoms with Gasteiger partial charge in [-0.05, 0) is 23.3 Å². The van der Waals surface area contributed by atoms with Gasteiger partial charge < -0.3 is 19.1 Å². The van der Waals surface area contributed by atoms with E-state index in [0.717, 1.165) is 11.1 Å². The molecule has 1 saturated heterocycles. The second-order valence-electron chi connectivity index (χ2n) is 5.63. The van der Waals surface area contributed by atoms with Crippen LogP contribution in [0.15, 0.2) is 42.5 Å². The molecule has 3 rings (SSSR count). The van der Waals surface area contributed by atoms with Gasteiger partial charge in [0.05, 0.1) is 27.1 Å². The Hall–Kier alpha value is -2.34. The lowest BCUT2D eigenvalue weighted by molar-refractivity contribution is -0.128. The third-order valence-corrected chi connectivity index (χ3v) is 5.39. The number of methoxy groups -OCH3 is 3. The van der Waals surface area contributed by atoms with Gasteiger partial charge in [0.25, 0.3) is 0 Å². The molecule has 0 unspecified atom stereocenters. The quantitative estimate of drug-likeness (QED) is 0.790. The van der Waals surface area contributed by atoms with Gasteiger partial charge in [0, 0.05) is 6.54 Å². The van der Waals surface area contributed by atoms with E-state index < -0.39 is 0 Å². The minimum atomic E-state index is -0.0820. The predicted octanol–water partition coefficient (Wildman–Crippen LogP) is 3.49. The van der Waals surface area contributed by atoms with Gasteiger partial charge in [0.1, 0.15) is 5.37 Å². The van der Waals surface area contributed by atoms with E-state index in [1.165, 1.54) is 0 Å². The molecule has 6 heteroatoms. The minimum absolute atomic E-state index is 0.0820. The molecule has 0 N–H and O–H groups in total. The van der Waals surface area contributed by atoms with Crippen molar-refractivity contribution in [1.29, 1.82) is 0 Å². The first-order chi connectivity index (χ1) is 12.2. The van der Waals surface area contributed by atoms with E-state index in [9.17, 15) is 4.79 Å². The smallest absolute Gasteiger partial charge is 0.234 e. The SMILES string of the molecule is COc1cc([C@H]2SCC(=O)N2Cc2ccccc2)cc(OC)c1OC. The van der Waals surface area contributed by atoms with Gasteiger partial charge in [-0.3, -0.25) is 4.79 Å². The monoisotopic (exact) mass is 359 g/mol. The topological polar surface area (TPSA) is 48.0 Å². The van der Waals surface area contributed by atoms with E-state index >= 15 is 0 Å². The molecule has 1 atom stereocenters. The van der Waals surface area contributed by atoms with Crippen LogP contribution in [0.2, 0.25) is 0 Å². The van der Waals surface area contributed by atoms with Crippen LogP contribution < -0.4 is 14.2 Å². The fourth-order valence-corrected chi connectivity index (χ4v) is 4.09. The molecular formula is C19H21NO4S. The zero-order chi connectivity index (χ0) is 17.8. The van der Waals surface area contributed by atoms with Crippen LogP contribution >= 0.6 is 11.8 Å². The molecule has 1 aliphatic heterocycles. The van der Waals surface area contributed by atoms with Gasteiger partial charge in [-0.25, -0.2) is 0 Å². The lowest BCUT2D eigenvalue weighted by Crippen LogP contribution is -2.27. The van der Waals surface area contributed by atoms with Crippen molar-refractivity contribution in [3.63, 3.8) is 0 Å². The lowest BCUT2D eigenvalue weighted by atomic mass is 10.1. The van der Waals surface area contributed by atoms with Crippen LogP contribution in [-0.2, 0) is 11.3 Å². The maximum atomic E-state index is 12.4. The number of nitrogens with zero attached hydrogens (tertiary/aromatic N) is 1. The molecule has 0 saturated carbocycles. The minimum Gasteiger partial charge on any atom is -0.493 e. The number of benzene rings is 2. The van der Waals surface area contributed by atoms with Crippen LogP contribution in [0.1, 0.15) is 16.5 Å². The summed E-state index contributed by atoms with van der Waals surface area (Å²) in [6.07, 6.45) is 0. The largest absolute Gasteiger partial charge is 0.493 e. The van der Waals surface area contributed by atoms with Gasteiger partial charge in [-0.1, -0.05) is 30.3 Å². The second-order valence-corrected chi connectivity index (χ2v) is 6.70. The summed E-state index contributed by atoms with van der Waals surface area (Å²) < 4.78 is 16.3. The number of hydrogen-bond donors (Lipinski definition) is 0. The van der Waals surface area contributed by atoms with Crippen LogP contribution in [0.4, 0.5) is 0 Å². The Kier molecular flexibility index (Phi) is 5.38. The molecule has 0 aromatic heterocycles. The average molecular weight is 359 g/mol.